The Kier molecular flexibility index (Phi) is 9.73. The van der Waals surface area contributed by atoms with Crippen molar-refractivity contribution in [2.75, 3.05) is 4.90 Å². The van der Waals surface area contributed by atoms with Crippen molar-refractivity contribution in [3.63, 3.8) is 0 Å². The maximum Gasteiger partial charge on any atom is 0.425 e. The van der Waals surface area contributed by atoms with Crippen molar-refractivity contribution in [1.29, 1.82) is 0 Å². The summed E-state index contributed by atoms with van der Waals surface area (Å²) in [6, 6.07) is 15.4. The molecule has 2 aromatic carbocycles. The summed E-state index contributed by atoms with van der Waals surface area (Å²) >= 11 is 2.20. The molecule has 45 heavy (non-hydrogen) atoms. The Morgan fingerprint density at radius 3 is 1.87 bits per heavy atom. The van der Waals surface area contributed by atoms with Gasteiger partial charge in [0.1, 0.15) is 16.9 Å². The lowest BCUT2D eigenvalue weighted by molar-refractivity contribution is 0.0429. The van der Waals surface area contributed by atoms with E-state index in [2.05, 4.69) is 32.7 Å². The molecule has 0 bridgehead atoms. The van der Waals surface area contributed by atoms with Gasteiger partial charge in [-0.3, -0.25) is 0 Å². The van der Waals surface area contributed by atoms with Crippen molar-refractivity contribution in [3.05, 3.63) is 64.4 Å². The fourth-order valence-electron chi connectivity index (χ4n) is 3.94. The fourth-order valence-corrected chi connectivity index (χ4v) is 5.36. The number of anilines is 1. The van der Waals surface area contributed by atoms with Crippen molar-refractivity contribution in [2.45, 2.75) is 76.7 Å². The third kappa shape index (κ3) is 8.25. The van der Waals surface area contributed by atoms with Crippen LogP contribution in [0.25, 0.3) is 34.0 Å². The highest BCUT2D eigenvalue weighted by atomic mass is 127. The number of nitrogens with zero attached hydrogens (tertiary/aromatic N) is 4. The van der Waals surface area contributed by atoms with Gasteiger partial charge in [-0.15, -0.1) is 0 Å². The first-order valence-electron chi connectivity index (χ1n) is 14.1. The smallest absolute Gasteiger partial charge is 0.425 e. The molecule has 2 amide bonds. The van der Waals surface area contributed by atoms with Crippen LogP contribution in [0.15, 0.2) is 70.2 Å². The predicted octanol–water partition coefficient (Wildman–Crippen LogP) is 7.93. The van der Waals surface area contributed by atoms with E-state index in [4.69, 9.17) is 19.0 Å². The number of ether oxygens (including phenoxy) is 2. The van der Waals surface area contributed by atoms with Gasteiger partial charge in [0.15, 0.2) is 27.1 Å². The average Bonchev–Trinajstić information content (AvgIpc) is 3.42. The number of imide groups is 1. The third-order valence-electron chi connectivity index (χ3n) is 6.10. The van der Waals surface area contributed by atoms with Crippen molar-refractivity contribution in [3.8, 4) is 34.0 Å². The Morgan fingerprint density at radius 1 is 0.844 bits per heavy atom. The van der Waals surface area contributed by atoms with Gasteiger partial charge in [0.2, 0.25) is 0 Å². The number of hydrogen-bond acceptors (Lipinski definition) is 10. The molecule has 0 unspecified atom stereocenters. The van der Waals surface area contributed by atoms with Crippen LogP contribution in [0.1, 0.15) is 55.4 Å². The summed E-state index contributed by atoms with van der Waals surface area (Å²) in [7, 11) is -3.49. The van der Waals surface area contributed by atoms with Crippen LogP contribution in [-0.2, 0) is 19.3 Å². The molecule has 2 aromatic heterocycles. The molecule has 0 aliphatic rings. The molecule has 0 spiro atoms. The second kappa shape index (κ2) is 12.9. The van der Waals surface area contributed by atoms with Gasteiger partial charge in [-0.25, -0.2) is 28.0 Å². The number of hydrogen-bond donors (Lipinski definition) is 0. The van der Waals surface area contributed by atoms with E-state index >= 15 is 0 Å². The van der Waals surface area contributed by atoms with E-state index in [9.17, 15) is 18.0 Å². The van der Waals surface area contributed by atoms with E-state index in [1.165, 1.54) is 18.3 Å². The zero-order chi connectivity index (χ0) is 33.3. The maximum atomic E-state index is 13.5. The van der Waals surface area contributed by atoms with Crippen LogP contribution >= 0.6 is 22.6 Å². The molecular weight excluding hydrogens is 711 g/mol. The van der Waals surface area contributed by atoms with E-state index in [1.807, 2.05) is 24.3 Å². The fraction of sp³-hybridized carbons (Fsp3) is 0.344. The Bertz CT molecular complexity index is 1780. The van der Waals surface area contributed by atoms with E-state index in [1.54, 1.807) is 73.6 Å². The van der Waals surface area contributed by atoms with Crippen molar-refractivity contribution < 1.29 is 32.0 Å². The molecule has 0 fully saturated rings. The number of amides is 2. The molecule has 0 aliphatic carbocycles. The number of carbonyl (C=O) groups is 2. The Labute approximate surface area is 276 Å². The molecule has 4 aromatic rings. The second-order valence-electron chi connectivity index (χ2n) is 12.4. The molecule has 238 valence electrons. The van der Waals surface area contributed by atoms with Gasteiger partial charge < -0.3 is 14.0 Å². The monoisotopic (exact) mass is 746 g/mol. The number of benzene rings is 2. The van der Waals surface area contributed by atoms with Crippen molar-refractivity contribution in [2.24, 2.45) is 0 Å². The lowest BCUT2D eigenvalue weighted by atomic mass is 10.1. The summed E-state index contributed by atoms with van der Waals surface area (Å²) in [5.74, 6) is -0.0874. The Morgan fingerprint density at radius 2 is 1.36 bits per heavy atom. The van der Waals surface area contributed by atoms with Crippen LogP contribution in [0.5, 0.6) is 0 Å². The molecule has 4 rings (SSSR count). The van der Waals surface area contributed by atoms with Crippen LogP contribution in [0.3, 0.4) is 0 Å². The topological polar surface area (TPSA) is 142 Å². The van der Waals surface area contributed by atoms with E-state index in [-0.39, 0.29) is 22.2 Å². The summed E-state index contributed by atoms with van der Waals surface area (Å²) in [5, 5.41) is 3.61. The van der Waals surface area contributed by atoms with E-state index < -0.39 is 38.5 Å². The van der Waals surface area contributed by atoms with Crippen LogP contribution in [0.2, 0.25) is 0 Å². The molecule has 0 radical (unpaired) electrons. The van der Waals surface area contributed by atoms with Crippen molar-refractivity contribution >= 4 is 50.4 Å². The number of aromatic nitrogens is 3. The molecule has 0 saturated heterocycles. The molecule has 0 aliphatic heterocycles. The zero-order valence-corrected chi connectivity index (χ0v) is 29.3. The normalized spacial score (nSPS) is 12.2. The first-order chi connectivity index (χ1) is 20.9. The average molecular weight is 747 g/mol. The molecule has 11 nitrogen and oxygen atoms in total. The lowest BCUT2D eigenvalue weighted by Gasteiger charge is -2.28. The van der Waals surface area contributed by atoms with Gasteiger partial charge in [0, 0.05) is 20.8 Å². The summed E-state index contributed by atoms with van der Waals surface area (Å²) in [6.45, 7) is 13.2. The van der Waals surface area contributed by atoms with Crippen LogP contribution in [0.4, 0.5) is 15.4 Å². The van der Waals surface area contributed by atoms with Crippen LogP contribution in [0, 0.1) is 3.57 Å². The van der Waals surface area contributed by atoms with Gasteiger partial charge in [-0.2, -0.15) is 4.90 Å². The summed E-state index contributed by atoms with van der Waals surface area (Å²) in [6.07, 6.45) is -0.690. The maximum absolute atomic E-state index is 13.5. The van der Waals surface area contributed by atoms with Gasteiger partial charge in [0.25, 0.3) is 0 Å². The van der Waals surface area contributed by atoms with Crippen molar-refractivity contribution in [1.82, 2.24) is 15.1 Å². The highest BCUT2D eigenvalue weighted by molar-refractivity contribution is 14.1. The standard InChI is InChI=1S/C32H35IN4O7S/c1-19(2)45(40,41)23-15-11-21(12-16-23)25-18-34-28(37(29(38)42-31(3,4)5)30(39)43-32(6,7)8)27(35-25)26-17-24(36-44-26)20-9-13-22(33)14-10-20/h9-19H,1-8H3. The molecule has 2 heterocycles. The molecule has 13 heteroatoms. The number of carbonyl (C=O) groups excluding carboxylic acids is 2. The predicted molar refractivity (Wildman–Crippen MR) is 178 cm³/mol. The quantitative estimate of drug-likeness (QED) is 0.179. The zero-order valence-electron chi connectivity index (χ0n) is 26.3. The summed E-state index contributed by atoms with van der Waals surface area (Å²) in [4.78, 5) is 37.1. The SMILES string of the molecule is CC(C)S(=O)(=O)c1ccc(-c2cnc(N(C(=O)OC(C)(C)C)C(=O)OC(C)(C)C)c(-c3cc(-c4ccc(I)cc4)no3)n2)cc1. The van der Waals surface area contributed by atoms with Crippen LogP contribution < -0.4 is 4.90 Å². The number of halogens is 1. The molecule has 0 saturated carbocycles. The second-order valence-corrected chi connectivity index (χ2v) is 16.2. The van der Waals surface area contributed by atoms with E-state index in [0.29, 0.717) is 21.9 Å². The highest BCUT2D eigenvalue weighted by Crippen LogP contribution is 2.34. The van der Waals surface area contributed by atoms with Crippen LogP contribution in [-0.4, -0.2) is 52.2 Å². The minimum absolute atomic E-state index is 0.00681. The first-order valence-corrected chi connectivity index (χ1v) is 16.7. The lowest BCUT2D eigenvalue weighted by Crippen LogP contribution is -2.44. The van der Waals surface area contributed by atoms with Gasteiger partial charge in [0.05, 0.1) is 22.0 Å². The largest absolute Gasteiger partial charge is 0.443 e. The minimum Gasteiger partial charge on any atom is -0.443 e. The molecule has 0 N–H and O–H groups in total. The molecule has 0 atom stereocenters. The number of sulfone groups is 1. The number of rotatable bonds is 6. The Hall–Kier alpha value is -3.85. The van der Waals surface area contributed by atoms with Gasteiger partial charge >= 0.3 is 12.2 Å². The van der Waals surface area contributed by atoms with Gasteiger partial charge in [-0.05, 0) is 102 Å². The first kappa shape index (κ1) is 34.0. The Balaban J connectivity index is 1.90. The molecular formula is C32H35IN4O7S. The summed E-state index contributed by atoms with van der Waals surface area (Å²) in [5.41, 5.74) is 0.227. The third-order valence-corrected chi connectivity index (χ3v) is 8.99. The van der Waals surface area contributed by atoms with E-state index in [0.717, 1.165) is 9.13 Å². The van der Waals surface area contributed by atoms with Gasteiger partial charge in [-0.1, -0.05) is 29.4 Å². The minimum atomic E-state index is -3.49. The summed E-state index contributed by atoms with van der Waals surface area (Å²) < 4.78 is 43.2. The highest BCUT2D eigenvalue weighted by Gasteiger charge is 2.37.